The van der Waals surface area contributed by atoms with Crippen LogP contribution in [-0.2, 0) is 16.1 Å². The number of hydrogen-bond acceptors (Lipinski definition) is 4. The van der Waals surface area contributed by atoms with Crippen LogP contribution in [0.25, 0.3) is 21.1 Å². The van der Waals surface area contributed by atoms with E-state index in [1.807, 2.05) is 47.8 Å². The number of likely N-dealkylation sites (tertiary alicyclic amines) is 1. The molecule has 0 saturated carbocycles. The van der Waals surface area contributed by atoms with Crippen molar-refractivity contribution in [1.29, 1.82) is 0 Å². The summed E-state index contributed by atoms with van der Waals surface area (Å²) in [7, 11) is 1.61. The third-order valence-electron chi connectivity index (χ3n) is 5.68. The van der Waals surface area contributed by atoms with Gasteiger partial charge in [-0.3, -0.25) is 14.5 Å². The van der Waals surface area contributed by atoms with Gasteiger partial charge in [-0.05, 0) is 47.7 Å². The molecule has 152 valence electrons. The fraction of sp³-hybridized carbons (Fsp3) is 0.217. The van der Waals surface area contributed by atoms with Crippen LogP contribution in [0.5, 0.6) is 5.75 Å². The average Bonchev–Trinajstić information content (AvgIpc) is 3.33. The molecule has 2 aromatic heterocycles. The first-order chi connectivity index (χ1) is 14.6. The van der Waals surface area contributed by atoms with Crippen molar-refractivity contribution in [3.63, 3.8) is 0 Å². The lowest BCUT2D eigenvalue weighted by Gasteiger charge is -2.32. The Hall–Kier alpha value is -2.64. The Morgan fingerprint density at radius 1 is 1.13 bits per heavy atom. The summed E-state index contributed by atoms with van der Waals surface area (Å²) in [6.07, 6.45) is 0.868. The Labute approximate surface area is 186 Å². The second-order valence-corrected chi connectivity index (χ2v) is 9.11. The van der Waals surface area contributed by atoms with Gasteiger partial charge in [-0.1, -0.05) is 34.1 Å². The van der Waals surface area contributed by atoms with E-state index in [1.165, 1.54) is 4.90 Å². The molecule has 3 heterocycles. The van der Waals surface area contributed by atoms with E-state index in [4.69, 9.17) is 4.74 Å². The Morgan fingerprint density at radius 2 is 1.93 bits per heavy atom. The third-order valence-corrected chi connectivity index (χ3v) is 7.25. The summed E-state index contributed by atoms with van der Waals surface area (Å²) < 4.78 is 8.33. The Morgan fingerprint density at radius 3 is 2.70 bits per heavy atom. The molecule has 5 rings (SSSR count). The van der Waals surface area contributed by atoms with Crippen molar-refractivity contribution >= 4 is 60.2 Å². The molecule has 0 N–H and O–H groups in total. The van der Waals surface area contributed by atoms with Crippen LogP contribution in [0.1, 0.15) is 24.4 Å². The van der Waals surface area contributed by atoms with Crippen LogP contribution in [0.3, 0.4) is 0 Å². The lowest BCUT2D eigenvalue weighted by Crippen LogP contribution is -2.45. The SMILES string of the molecule is COc1ccc(CN2C(=O)CCC(n3c4cccc(Br)c4c4ccsc43)C2=O)cc1. The maximum atomic E-state index is 13.5. The van der Waals surface area contributed by atoms with Gasteiger partial charge >= 0.3 is 0 Å². The molecule has 1 atom stereocenters. The van der Waals surface area contributed by atoms with E-state index in [9.17, 15) is 9.59 Å². The highest BCUT2D eigenvalue weighted by Gasteiger charge is 2.37. The number of carbonyl (C=O) groups is 2. The smallest absolute Gasteiger partial charge is 0.252 e. The number of hydrogen-bond donors (Lipinski definition) is 0. The van der Waals surface area contributed by atoms with Crippen LogP contribution in [0, 0.1) is 0 Å². The molecule has 7 heteroatoms. The zero-order valence-electron chi connectivity index (χ0n) is 16.3. The molecule has 1 unspecified atom stereocenters. The highest BCUT2D eigenvalue weighted by Crippen LogP contribution is 2.41. The van der Waals surface area contributed by atoms with E-state index in [2.05, 4.69) is 26.6 Å². The number of aromatic nitrogens is 1. The number of halogens is 1. The summed E-state index contributed by atoms with van der Waals surface area (Å²) in [6.45, 7) is 0.272. The second-order valence-electron chi connectivity index (χ2n) is 7.36. The van der Waals surface area contributed by atoms with Crippen molar-refractivity contribution in [2.24, 2.45) is 0 Å². The van der Waals surface area contributed by atoms with Crippen molar-refractivity contribution in [1.82, 2.24) is 9.47 Å². The van der Waals surface area contributed by atoms with E-state index in [0.29, 0.717) is 12.8 Å². The van der Waals surface area contributed by atoms with Crippen LogP contribution in [0.15, 0.2) is 58.4 Å². The Bertz CT molecular complexity index is 1280. The predicted molar refractivity (Wildman–Crippen MR) is 122 cm³/mol. The van der Waals surface area contributed by atoms with Gasteiger partial charge in [0, 0.05) is 21.7 Å². The number of methoxy groups -OCH3 is 1. The summed E-state index contributed by atoms with van der Waals surface area (Å²) in [5, 5.41) is 4.29. The molecule has 1 aliphatic heterocycles. The molecule has 1 aliphatic rings. The minimum atomic E-state index is -0.395. The average molecular weight is 483 g/mol. The number of benzene rings is 2. The Balaban J connectivity index is 1.55. The number of rotatable bonds is 4. The molecule has 5 nitrogen and oxygen atoms in total. The van der Waals surface area contributed by atoms with Crippen LogP contribution in [-0.4, -0.2) is 28.4 Å². The molecule has 0 aliphatic carbocycles. The lowest BCUT2D eigenvalue weighted by molar-refractivity contribution is -0.151. The van der Waals surface area contributed by atoms with Gasteiger partial charge in [0.15, 0.2) is 0 Å². The number of piperidine rings is 1. The van der Waals surface area contributed by atoms with Crippen LogP contribution >= 0.6 is 27.3 Å². The molecule has 0 radical (unpaired) electrons. The number of ether oxygens (including phenoxy) is 1. The first-order valence-corrected chi connectivity index (χ1v) is 11.4. The largest absolute Gasteiger partial charge is 0.497 e. The molecule has 2 aromatic carbocycles. The third kappa shape index (κ3) is 3.04. The summed E-state index contributed by atoms with van der Waals surface area (Å²) >= 11 is 5.29. The number of fused-ring (bicyclic) bond motifs is 3. The van der Waals surface area contributed by atoms with Crippen LogP contribution in [0.4, 0.5) is 0 Å². The van der Waals surface area contributed by atoms with E-state index in [0.717, 1.165) is 36.9 Å². The molecule has 0 spiro atoms. The van der Waals surface area contributed by atoms with Crippen molar-refractivity contribution in [3.05, 3.63) is 63.9 Å². The van der Waals surface area contributed by atoms with Gasteiger partial charge in [-0.2, -0.15) is 0 Å². The van der Waals surface area contributed by atoms with Gasteiger partial charge < -0.3 is 9.30 Å². The maximum Gasteiger partial charge on any atom is 0.252 e. The quantitative estimate of drug-likeness (QED) is 0.360. The number of imide groups is 1. The highest BCUT2D eigenvalue weighted by atomic mass is 79.9. The first kappa shape index (κ1) is 19.3. The van der Waals surface area contributed by atoms with E-state index >= 15 is 0 Å². The molecule has 1 fully saturated rings. The normalized spacial score (nSPS) is 17.3. The molecule has 4 aromatic rings. The fourth-order valence-corrected chi connectivity index (χ4v) is 5.76. The summed E-state index contributed by atoms with van der Waals surface area (Å²) in [5.41, 5.74) is 1.92. The lowest BCUT2D eigenvalue weighted by atomic mass is 10.0. The number of thiophene rings is 1. The summed E-state index contributed by atoms with van der Waals surface area (Å²) in [6, 6.07) is 15.2. The van der Waals surface area contributed by atoms with E-state index < -0.39 is 6.04 Å². The minimum Gasteiger partial charge on any atom is -0.497 e. The van der Waals surface area contributed by atoms with E-state index in [1.54, 1.807) is 18.4 Å². The molecular formula is C23H19BrN2O3S. The molecule has 30 heavy (non-hydrogen) atoms. The first-order valence-electron chi connectivity index (χ1n) is 9.71. The molecule has 0 bridgehead atoms. The monoisotopic (exact) mass is 482 g/mol. The molecular weight excluding hydrogens is 464 g/mol. The number of amides is 2. The Kier molecular flexibility index (Phi) is 4.87. The summed E-state index contributed by atoms with van der Waals surface area (Å²) in [4.78, 5) is 28.6. The van der Waals surface area contributed by atoms with Gasteiger partial charge in [0.25, 0.3) is 5.91 Å². The van der Waals surface area contributed by atoms with Crippen molar-refractivity contribution in [2.75, 3.05) is 7.11 Å². The zero-order valence-corrected chi connectivity index (χ0v) is 18.7. The van der Waals surface area contributed by atoms with Crippen LogP contribution in [0.2, 0.25) is 0 Å². The van der Waals surface area contributed by atoms with Crippen molar-refractivity contribution in [3.8, 4) is 5.75 Å². The number of carbonyl (C=O) groups excluding carboxylic acids is 2. The van der Waals surface area contributed by atoms with Gasteiger partial charge in [0.1, 0.15) is 16.6 Å². The van der Waals surface area contributed by atoms with E-state index in [-0.39, 0.29) is 18.4 Å². The van der Waals surface area contributed by atoms with Gasteiger partial charge in [-0.15, -0.1) is 11.3 Å². The molecule has 2 amide bonds. The van der Waals surface area contributed by atoms with Crippen molar-refractivity contribution in [2.45, 2.75) is 25.4 Å². The fourth-order valence-electron chi connectivity index (χ4n) is 4.22. The van der Waals surface area contributed by atoms with Gasteiger partial charge in [-0.25, -0.2) is 0 Å². The number of nitrogens with zero attached hydrogens (tertiary/aromatic N) is 2. The topological polar surface area (TPSA) is 51.5 Å². The summed E-state index contributed by atoms with van der Waals surface area (Å²) in [5.74, 6) is 0.485. The van der Waals surface area contributed by atoms with Crippen molar-refractivity contribution < 1.29 is 14.3 Å². The zero-order chi connectivity index (χ0) is 20.8. The van der Waals surface area contributed by atoms with Gasteiger partial charge in [0.2, 0.25) is 5.91 Å². The highest BCUT2D eigenvalue weighted by molar-refractivity contribution is 9.10. The molecule has 1 saturated heterocycles. The predicted octanol–water partition coefficient (Wildman–Crippen LogP) is 5.52. The van der Waals surface area contributed by atoms with Crippen LogP contribution < -0.4 is 4.74 Å². The van der Waals surface area contributed by atoms with Gasteiger partial charge in [0.05, 0.1) is 19.2 Å². The standard InChI is InChI=1S/C23H19BrN2O3S/c1-29-15-7-5-14(6-8-15)13-25-20(27)10-9-19(22(25)28)26-18-4-2-3-17(24)21(18)16-11-12-30-23(16)26/h2-8,11-12,19H,9-10,13H2,1H3. The second kappa shape index (κ2) is 7.56. The minimum absolute atomic E-state index is 0.118. The maximum absolute atomic E-state index is 13.5.